The Kier molecular flexibility index (Phi) is 4.27. The summed E-state index contributed by atoms with van der Waals surface area (Å²) in [6, 6.07) is 6.28. The summed E-state index contributed by atoms with van der Waals surface area (Å²) >= 11 is 2.03. The lowest BCUT2D eigenvalue weighted by Gasteiger charge is -2.43. The third-order valence-corrected chi connectivity index (χ3v) is 6.15. The van der Waals surface area contributed by atoms with E-state index in [1.165, 1.54) is 55.4 Å². The second-order valence-electron chi connectivity index (χ2n) is 6.35. The monoisotopic (exact) mass is 291 g/mol. The minimum absolute atomic E-state index is 0.204. The Morgan fingerprint density at radius 2 is 2.05 bits per heavy atom. The maximum Gasteiger partial charge on any atom is 0.0693 e. The van der Waals surface area contributed by atoms with Crippen LogP contribution in [0.1, 0.15) is 50.5 Å². The quantitative estimate of drug-likeness (QED) is 0.812. The molecule has 0 radical (unpaired) electrons. The lowest BCUT2D eigenvalue weighted by Crippen LogP contribution is -2.42. The molecule has 1 aliphatic heterocycles. The molecule has 1 atom stereocenters. The van der Waals surface area contributed by atoms with Gasteiger partial charge < -0.3 is 10.5 Å². The Labute approximate surface area is 126 Å². The van der Waals surface area contributed by atoms with Crippen molar-refractivity contribution < 1.29 is 4.74 Å². The van der Waals surface area contributed by atoms with E-state index in [4.69, 9.17) is 10.5 Å². The fourth-order valence-corrected chi connectivity index (χ4v) is 4.96. The van der Waals surface area contributed by atoms with Crippen LogP contribution in [0.25, 0.3) is 0 Å². The number of aryl methyl sites for hydroxylation is 1. The summed E-state index contributed by atoms with van der Waals surface area (Å²) in [5.74, 6) is 0. The summed E-state index contributed by atoms with van der Waals surface area (Å²) in [7, 11) is 0. The van der Waals surface area contributed by atoms with Gasteiger partial charge >= 0.3 is 0 Å². The van der Waals surface area contributed by atoms with Gasteiger partial charge in [0.25, 0.3) is 0 Å². The molecule has 2 fully saturated rings. The van der Waals surface area contributed by atoms with Crippen molar-refractivity contribution in [1.82, 2.24) is 0 Å². The molecule has 1 saturated heterocycles. The first-order valence-corrected chi connectivity index (χ1v) is 8.72. The maximum atomic E-state index is 6.19. The molecule has 1 aliphatic carbocycles. The third-order valence-electron chi connectivity index (χ3n) is 4.71. The third kappa shape index (κ3) is 3.15. The number of hydrogen-bond acceptors (Lipinski definition) is 3. The summed E-state index contributed by atoms with van der Waals surface area (Å²) in [5, 5.41) is 0.698. The van der Waals surface area contributed by atoms with Crippen LogP contribution in [0.4, 0.5) is 5.69 Å². The van der Waals surface area contributed by atoms with Crippen molar-refractivity contribution in [3.63, 3.8) is 0 Å². The average Bonchev–Trinajstić information content (AvgIpc) is 2.43. The molecule has 2 aliphatic rings. The number of rotatable bonds is 2. The molecule has 0 amide bonds. The maximum absolute atomic E-state index is 6.19. The van der Waals surface area contributed by atoms with Gasteiger partial charge in [-0.3, -0.25) is 0 Å². The fraction of sp³-hybridized carbons (Fsp3) is 0.647. The molecule has 20 heavy (non-hydrogen) atoms. The number of nitrogen functional groups attached to an aromatic ring is 1. The van der Waals surface area contributed by atoms with Crippen LogP contribution < -0.4 is 5.73 Å². The van der Waals surface area contributed by atoms with Gasteiger partial charge in [0.2, 0.25) is 0 Å². The van der Waals surface area contributed by atoms with Gasteiger partial charge in [0.1, 0.15) is 0 Å². The van der Waals surface area contributed by atoms with Crippen molar-refractivity contribution in [3.05, 3.63) is 23.8 Å². The molecule has 1 spiro atoms. The number of ether oxygens (including phenoxy) is 1. The molecule has 3 rings (SSSR count). The summed E-state index contributed by atoms with van der Waals surface area (Å²) in [6.45, 7) is 3.10. The number of hydrogen-bond donors (Lipinski definition) is 1. The van der Waals surface area contributed by atoms with E-state index in [9.17, 15) is 0 Å². The minimum Gasteiger partial charge on any atom is -0.399 e. The molecule has 1 aromatic carbocycles. The molecule has 2 nitrogen and oxygen atoms in total. The van der Waals surface area contributed by atoms with Gasteiger partial charge in [0, 0.05) is 22.4 Å². The second-order valence-corrected chi connectivity index (χ2v) is 7.69. The Bertz CT molecular complexity index is 463. The zero-order valence-electron chi connectivity index (χ0n) is 12.4. The van der Waals surface area contributed by atoms with Crippen molar-refractivity contribution in [2.24, 2.45) is 0 Å². The van der Waals surface area contributed by atoms with Crippen LogP contribution in [-0.2, 0) is 4.74 Å². The zero-order chi connectivity index (χ0) is 14.0. The molecule has 2 N–H and O–H groups in total. The van der Waals surface area contributed by atoms with E-state index >= 15 is 0 Å². The van der Waals surface area contributed by atoms with Crippen LogP contribution in [0.15, 0.2) is 23.1 Å². The van der Waals surface area contributed by atoms with Crippen molar-refractivity contribution in [2.75, 3.05) is 12.3 Å². The van der Waals surface area contributed by atoms with Gasteiger partial charge in [0.05, 0.1) is 5.60 Å². The molecule has 1 aromatic rings. The molecule has 3 heteroatoms. The van der Waals surface area contributed by atoms with Crippen molar-refractivity contribution in [3.8, 4) is 0 Å². The van der Waals surface area contributed by atoms with Crippen LogP contribution >= 0.6 is 11.8 Å². The largest absolute Gasteiger partial charge is 0.399 e. The normalized spacial score (nSPS) is 25.8. The van der Waals surface area contributed by atoms with Gasteiger partial charge in [-0.05, 0) is 56.4 Å². The van der Waals surface area contributed by atoms with Gasteiger partial charge in [0.15, 0.2) is 0 Å². The average molecular weight is 291 g/mol. The Hall–Kier alpha value is -0.670. The predicted molar refractivity (Wildman–Crippen MR) is 86.2 cm³/mol. The highest BCUT2D eigenvalue weighted by Gasteiger charge is 2.38. The summed E-state index contributed by atoms with van der Waals surface area (Å²) in [6.07, 6.45) is 9.02. The van der Waals surface area contributed by atoms with Crippen LogP contribution in [0.5, 0.6) is 0 Å². The molecular formula is C17H25NOS. The number of benzene rings is 1. The first-order chi connectivity index (χ1) is 9.67. The Morgan fingerprint density at radius 3 is 2.80 bits per heavy atom. The lowest BCUT2D eigenvalue weighted by molar-refractivity contribution is -0.0971. The van der Waals surface area contributed by atoms with Gasteiger partial charge in [-0.15, -0.1) is 11.8 Å². The van der Waals surface area contributed by atoms with Crippen LogP contribution in [-0.4, -0.2) is 17.5 Å². The van der Waals surface area contributed by atoms with E-state index in [1.807, 2.05) is 17.8 Å². The highest BCUT2D eigenvalue weighted by Crippen LogP contribution is 2.43. The first kappa shape index (κ1) is 14.3. The highest BCUT2D eigenvalue weighted by atomic mass is 32.2. The molecule has 1 unspecified atom stereocenters. The van der Waals surface area contributed by atoms with Crippen LogP contribution in [0, 0.1) is 6.92 Å². The molecule has 0 aromatic heterocycles. The van der Waals surface area contributed by atoms with Gasteiger partial charge in [-0.1, -0.05) is 19.3 Å². The smallest absolute Gasteiger partial charge is 0.0693 e. The molecule has 110 valence electrons. The second kappa shape index (κ2) is 5.98. The summed E-state index contributed by atoms with van der Waals surface area (Å²) in [5.41, 5.74) is 8.22. The highest BCUT2D eigenvalue weighted by molar-refractivity contribution is 8.00. The molecule has 1 saturated carbocycles. The lowest BCUT2D eigenvalue weighted by atomic mass is 9.80. The van der Waals surface area contributed by atoms with E-state index in [0.717, 1.165) is 12.3 Å². The van der Waals surface area contributed by atoms with Crippen LogP contribution in [0.3, 0.4) is 0 Å². The van der Waals surface area contributed by atoms with E-state index in [-0.39, 0.29) is 5.60 Å². The Morgan fingerprint density at radius 1 is 1.25 bits per heavy atom. The standard InChI is InChI=1S/C17H25NOS/c1-13-11-14(18)5-6-16(13)20-15-7-10-19-17(12-15)8-3-2-4-9-17/h5-6,11,15H,2-4,7-10,12,18H2,1H3. The molecular weight excluding hydrogens is 266 g/mol. The first-order valence-electron chi connectivity index (χ1n) is 7.84. The van der Waals surface area contributed by atoms with Crippen LogP contribution in [0.2, 0.25) is 0 Å². The van der Waals surface area contributed by atoms with Gasteiger partial charge in [-0.25, -0.2) is 0 Å². The topological polar surface area (TPSA) is 35.2 Å². The number of anilines is 1. The minimum atomic E-state index is 0.204. The van der Waals surface area contributed by atoms with E-state index in [1.54, 1.807) is 0 Å². The van der Waals surface area contributed by atoms with E-state index < -0.39 is 0 Å². The fourth-order valence-electron chi connectivity index (χ4n) is 3.61. The molecule has 1 heterocycles. The zero-order valence-corrected chi connectivity index (χ0v) is 13.2. The van der Waals surface area contributed by atoms with E-state index in [0.29, 0.717) is 5.25 Å². The number of nitrogens with two attached hydrogens (primary N) is 1. The van der Waals surface area contributed by atoms with Crippen molar-refractivity contribution >= 4 is 17.4 Å². The van der Waals surface area contributed by atoms with Crippen molar-refractivity contribution in [2.45, 2.75) is 67.6 Å². The molecule has 0 bridgehead atoms. The summed E-state index contributed by atoms with van der Waals surface area (Å²) < 4.78 is 6.19. The van der Waals surface area contributed by atoms with Crippen molar-refractivity contribution in [1.29, 1.82) is 0 Å². The summed E-state index contributed by atoms with van der Waals surface area (Å²) in [4.78, 5) is 1.39. The van der Waals surface area contributed by atoms with Gasteiger partial charge in [-0.2, -0.15) is 0 Å². The van der Waals surface area contributed by atoms with E-state index in [2.05, 4.69) is 19.1 Å². The SMILES string of the molecule is Cc1cc(N)ccc1SC1CCOC2(CCCCC2)C1. The Balaban J connectivity index is 1.68. The number of thioether (sulfide) groups is 1. The predicted octanol–water partition coefficient (Wildman–Crippen LogP) is 4.55.